The number of rotatable bonds is 13. The van der Waals surface area contributed by atoms with Crippen LogP contribution < -0.4 is 10.6 Å². The van der Waals surface area contributed by atoms with Crippen molar-refractivity contribution >= 4 is 46.7 Å². The Kier molecular flexibility index (Phi) is 10.5. The maximum atomic E-state index is 10.8. The standard InChI is InChI=1S/C17H22ClN5O2S3/c1-13-14(11-28-22-13)10-26-7-5-20-17(9-23(24)25)21-6-8-27-12-16-15(18)3-2-4-19-16/h2-4,9,11,20-21H,5-8,10,12H2,1H3. The lowest BCUT2D eigenvalue weighted by Crippen LogP contribution is -2.30. The predicted octanol–water partition coefficient (Wildman–Crippen LogP) is 3.92. The lowest BCUT2D eigenvalue weighted by molar-refractivity contribution is -0.404. The molecule has 0 aliphatic carbocycles. The van der Waals surface area contributed by atoms with Crippen LogP contribution >= 0.6 is 46.7 Å². The van der Waals surface area contributed by atoms with Gasteiger partial charge in [-0.15, -0.1) is 0 Å². The van der Waals surface area contributed by atoms with Crippen LogP contribution in [-0.2, 0) is 11.5 Å². The fourth-order valence-corrected chi connectivity index (χ4v) is 4.90. The molecule has 0 bridgehead atoms. The highest BCUT2D eigenvalue weighted by Crippen LogP contribution is 2.18. The van der Waals surface area contributed by atoms with Crippen LogP contribution in [0.15, 0.2) is 35.7 Å². The van der Waals surface area contributed by atoms with E-state index in [9.17, 15) is 10.1 Å². The Bertz CT molecular complexity index is 788. The van der Waals surface area contributed by atoms with Crippen LogP contribution in [0.4, 0.5) is 0 Å². The fourth-order valence-electron chi connectivity index (χ4n) is 2.10. The minimum absolute atomic E-state index is 0.426. The molecule has 0 spiro atoms. The Hall–Kier alpha value is -1.49. The van der Waals surface area contributed by atoms with Gasteiger partial charge in [0.1, 0.15) is 0 Å². The summed E-state index contributed by atoms with van der Waals surface area (Å²) in [7, 11) is 0. The first-order chi connectivity index (χ1) is 13.6. The molecule has 2 rings (SSSR count). The molecule has 0 atom stereocenters. The molecule has 0 amide bonds. The van der Waals surface area contributed by atoms with E-state index in [1.165, 1.54) is 17.1 Å². The minimum atomic E-state index is -0.455. The smallest absolute Gasteiger partial charge is 0.274 e. The van der Waals surface area contributed by atoms with Gasteiger partial charge in [0.05, 0.1) is 21.3 Å². The van der Waals surface area contributed by atoms with Crippen LogP contribution in [0.3, 0.4) is 0 Å². The van der Waals surface area contributed by atoms with E-state index in [2.05, 4.69) is 25.4 Å². The number of pyridine rings is 1. The lowest BCUT2D eigenvalue weighted by Gasteiger charge is -2.11. The van der Waals surface area contributed by atoms with Crippen molar-refractivity contribution in [2.45, 2.75) is 18.4 Å². The molecule has 7 nitrogen and oxygen atoms in total. The quantitative estimate of drug-likeness (QED) is 0.264. The molecule has 2 aromatic heterocycles. The molecule has 152 valence electrons. The first kappa shape index (κ1) is 22.8. The summed E-state index contributed by atoms with van der Waals surface area (Å²) in [6.45, 7) is 3.26. The second-order valence-corrected chi connectivity index (χ2v) is 8.89. The molecular weight excluding hydrogens is 438 g/mol. The van der Waals surface area contributed by atoms with Crippen LogP contribution in [0.1, 0.15) is 17.0 Å². The zero-order chi connectivity index (χ0) is 20.2. The summed E-state index contributed by atoms with van der Waals surface area (Å²) >= 11 is 11.0. The minimum Gasteiger partial charge on any atom is -0.366 e. The number of nitrogens with one attached hydrogen (secondary N) is 2. The summed E-state index contributed by atoms with van der Waals surface area (Å²) in [4.78, 5) is 14.6. The normalized spacial score (nSPS) is 11.4. The average molecular weight is 460 g/mol. The van der Waals surface area contributed by atoms with Crippen LogP contribution in [0.5, 0.6) is 0 Å². The lowest BCUT2D eigenvalue weighted by atomic mass is 10.3. The van der Waals surface area contributed by atoms with Crippen molar-refractivity contribution in [1.82, 2.24) is 20.0 Å². The van der Waals surface area contributed by atoms with E-state index >= 15 is 0 Å². The highest BCUT2D eigenvalue weighted by Gasteiger charge is 2.05. The number of thioether (sulfide) groups is 2. The number of halogens is 1. The van der Waals surface area contributed by atoms with Gasteiger partial charge in [-0.2, -0.15) is 27.9 Å². The summed E-state index contributed by atoms with van der Waals surface area (Å²) in [5.74, 6) is 3.66. The zero-order valence-corrected chi connectivity index (χ0v) is 18.6. The Morgan fingerprint density at radius 1 is 1.32 bits per heavy atom. The summed E-state index contributed by atoms with van der Waals surface area (Å²) in [6, 6.07) is 3.62. The third-order valence-corrected chi connectivity index (χ3v) is 6.63. The fraction of sp³-hybridized carbons (Fsp3) is 0.412. The Morgan fingerprint density at radius 3 is 2.64 bits per heavy atom. The van der Waals surface area contributed by atoms with E-state index in [-0.39, 0.29) is 0 Å². The summed E-state index contributed by atoms with van der Waals surface area (Å²) in [6.07, 6.45) is 2.69. The molecule has 11 heteroatoms. The van der Waals surface area contributed by atoms with Crippen molar-refractivity contribution in [2.75, 3.05) is 24.6 Å². The molecule has 2 heterocycles. The summed E-state index contributed by atoms with van der Waals surface area (Å²) in [5, 5.41) is 19.7. The van der Waals surface area contributed by atoms with Crippen molar-refractivity contribution < 1.29 is 4.92 Å². The molecule has 0 fully saturated rings. The Balaban J connectivity index is 1.63. The first-order valence-electron chi connectivity index (χ1n) is 8.54. The van der Waals surface area contributed by atoms with Gasteiger partial charge in [-0.05, 0) is 36.2 Å². The SMILES string of the molecule is Cc1nscc1CSCCNC(=C[N+](=O)[O-])NCCSCc1ncccc1Cl. The van der Waals surface area contributed by atoms with E-state index in [0.717, 1.165) is 34.8 Å². The van der Waals surface area contributed by atoms with Crippen molar-refractivity contribution in [2.24, 2.45) is 0 Å². The second kappa shape index (κ2) is 12.9. The van der Waals surface area contributed by atoms with Gasteiger partial charge in [-0.3, -0.25) is 15.1 Å². The largest absolute Gasteiger partial charge is 0.366 e. The molecule has 0 aliphatic heterocycles. The molecule has 0 saturated heterocycles. The highest BCUT2D eigenvalue weighted by molar-refractivity contribution is 7.98. The van der Waals surface area contributed by atoms with E-state index in [1.807, 2.05) is 13.0 Å². The number of hydrogen-bond donors (Lipinski definition) is 2. The van der Waals surface area contributed by atoms with Crippen molar-refractivity contribution in [1.29, 1.82) is 0 Å². The van der Waals surface area contributed by atoms with E-state index < -0.39 is 4.92 Å². The molecule has 2 aromatic rings. The zero-order valence-electron chi connectivity index (χ0n) is 15.4. The van der Waals surface area contributed by atoms with Gasteiger partial charge in [0.2, 0.25) is 0 Å². The van der Waals surface area contributed by atoms with Gasteiger partial charge in [-0.25, -0.2) is 0 Å². The predicted molar refractivity (Wildman–Crippen MR) is 120 cm³/mol. The highest BCUT2D eigenvalue weighted by atomic mass is 35.5. The van der Waals surface area contributed by atoms with Gasteiger partial charge in [0.15, 0.2) is 5.82 Å². The number of nitro groups is 1. The van der Waals surface area contributed by atoms with E-state index in [0.29, 0.717) is 29.7 Å². The van der Waals surface area contributed by atoms with E-state index in [4.69, 9.17) is 11.6 Å². The third kappa shape index (κ3) is 8.68. The molecule has 0 radical (unpaired) electrons. The van der Waals surface area contributed by atoms with Gasteiger partial charge in [0.25, 0.3) is 6.20 Å². The molecule has 0 aliphatic rings. The summed E-state index contributed by atoms with van der Waals surface area (Å²) < 4.78 is 4.25. The van der Waals surface area contributed by atoms with Crippen LogP contribution in [0.2, 0.25) is 5.02 Å². The first-order valence-corrected chi connectivity index (χ1v) is 12.1. The number of aryl methyl sites for hydroxylation is 1. The molecule has 0 aromatic carbocycles. The van der Waals surface area contributed by atoms with Crippen LogP contribution in [0, 0.1) is 17.0 Å². The third-order valence-electron chi connectivity index (χ3n) is 3.54. The van der Waals surface area contributed by atoms with Crippen molar-refractivity contribution in [3.05, 3.63) is 67.8 Å². The Labute approximate surface area is 182 Å². The maximum Gasteiger partial charge on any atom is 0.274 e. The number of aromatic nitrogens is 2. The topological polar surface area (TPSA) is 93.0 Å². The van der Waals surface area contributed by atoms with Gasteiger partial charge < -0.3 is 10.6 Å². The average Bonchev–Trinajstić information content (AvgIpc) is 3.06. The molecule has 0 unspecified atom stereocenters. The molecule has 2 N–H and O–H groups in total. The molecular formula is C17H22ClN5O2S3. The van der Waals surface area contributed by atoms with Gasteiger partial charge in [0, 0.05) is 47.7 Å². The van der Waals surface area contributed by atoms with E-state index in [1.54, 1.807) is 35.8 Å². The second-order valence-electron chi connectivity index (χ2n) is 5.64. The molecule has 28 heavy (non-hydrogen) atoms. The maximum absolute atomic E-state index is 10.8. The molecule has 0 saturated carbocycles. The van der Waals surface area contributed by atoms with Gasteiger partial charge in [-0.1, -0.05) is 11.6 Å². The number of nitrogens with zero attached hydrogens (tertiary/aromatic N) is 3. The number of hydrogen-bond acceptors (Lipinski definition) is 9. The van der Waals surface area contributed by atoms with Crippen LogP contribution in [0.25, 0.3) is 0 Å². The monoisotopic (exact) mass is 459 g/mol. The van der Waals surface area contributed by atoms with Crippen molar-refractivity contribution in [3.8, 4) is 0 Å². The van der Waals surface area contributed by atoms with Gasteiger partial charge >= 0.3 is 0 Å². The van der Waals surface area contributed by atoms with Crippen LogP contribution in [-0.4, -0.2) is 38.9 Å². The summed E-state index contributed by atoms with van der Waals surface area (Å²) in [5.41, 5.74) is 3.17. The van der Waals surface area contributed by atoms with Crippen molar-refractivity contribution in [3.63, 3.8) is 0 Å². The Morgan fingerprint density at radius 2 is 2.04 bits per heavy atom.